The molecule has 0 saturated heterocycles. The van der Waals surface area contributed by atoms with Crippen molar-refractivity contribution in [3.05, 3.63) is 36.0 Å². The number of H-pyrrole nitrogens is 1. The van der Waals surface area contributed by atoms with Gasteiger partial charge in [0, 0.05) is 0 Å². The zero-order valence-corrected chi connectivity index (χ0v) is 9.92. The number of aromatic amines is 1. The number of hydrogen-bond donors (Lipinski definition) is 1. The lowest BCUT2D eigenvalue weighted by molar-refractivity contribution is 0.536. The fraction of sp³-hybridized carbons (Fsp3) is 0.200. The zero-order valence-electron chi connectivity index (χ0n) is 9.11. The molecule has 0 aliphatic heterocycles. The summed E-state index contributed by atoms with van der Waals surface area (Å²) < 4.78 is 1.73. The van der Waals surface area contributed by atoms with Crippen LogP contribution in [-0.4, -0.2) is 29.9 Å². The van der Waals surface area contributed by atoms with Gasteiger partial charge in [0.1, 0.15) is 24.5 Å². The van der Waals surface area contributed by atoms with Crippen LogP contribution in [0.25, 0.3) is 10.7 Å². The van der Waals surface area contributed by atoms with Gasteiger partial charge >= 0.3 is 0 Å². The summed E-state index contributed by atoms with van der Waals surface area (Å²) in [6, 6.07) is 3.98. The second kappa shape index (κ2) is 4.10. The van der Waals surface area contributed by atoms with Crippen molar-refractivity contribution in [2.24, 2.45) is 0 Å². The highest BCUT2D eigenvalue weighted by atomic mass is 32.1. The summed E-state index contributed by atoms with van der Waals surface area (Å²) in [5.41, 5.74) is 0. The number of nitrogens with zero attached hydrogens (tertiary/aromatic N) is 5. The van der Waals surface area contributed by atoms with E-state index < -0.39 is 0 Å². The molecule has 0 fully saturated rings. The van der Waals surface area contributed by atoms with E-state index in [1.165, 1.54) is 6.33 Å². The molecule has 3 rings (SSSR count). The molecular formula is C10H10N6S. The number of aromatic nitrogens is 6. The van der Waals surface area contributed by atoms with Crippen molar-refractivity contribution in [1.82, 2.24) is 29.9 Å². The van der Waals surface area contributed by atoms with Gasteiger partial charge < -0.3 is 0 Å². The predicted octanol–water partition coefficient (Wildman–Crippen LogP) is 1.73. The SMILES string of the molecule is CC(c1nc(-c2cccs2)n[nH]1)n1cncn1. The largest absolute Gasteiger partial charge is 0.261 e. The second-order valence-corrected chi connectivity index (χ2v) is 4.52. The molecule has 1 N–H and O–H groups in total. The van der Waals surface area contributed by atoms with Crippen molar-refractivity contribution >= 4 is 11.3 Å². The zero-order chi connectivity index (χ0) is 11.7. The summed E-state index contributed by atoms with van der Waals surface area (Å²) in [7, 11) is 0. The summed E-state index contributed by atoms with van der Waals surface area (Å²) in [4.78, 5) is 9.44. The van der Waals surface area contributed by atoms with E-state index in [0.717, 1.165) is 16.5 Å². The minimum Gasteiger partial charge on any atom is -0.261 e. The molecule has 1 atom stereocenters. The van der Waals surface area contributed by atoms with Crippen molar-refractivity contribution in [3.63, 3.8) is 0 Å². The first-order valence-electron chi connectivity index (χ1n) is 5.15. The molecule has 0 aromatic carbocycles. The second-order valence-electron chi connectivity index (χ2n) is 3.57. The highest BCUT2D eigenvalue weighted by molar-refractivity contribution is 7.13. The summed E-state index contributed by atoms with van der Waals surface area (Å²) in [5.74, 6) is 1.50. The smallest absolute Gasteiger partial charge is 0.191 e. The minimum absolute atomic E-state index is 0.00119. The lowest BCUT2D eigenvalue weighted by Gasteiger charge is -2.06. The van der Waals surface area contributed by atoms with Gasteiger partial charge in [0.25, 0.3) is 0 Å². The van der Waals surface area contributed by atoms with E-state index in [2.05, 4.69) is 25.3 Å². The van der Waals surface area contributed by atoms with Crippen LogP contribution in [-0.2, 0) is 0 Å². The monoisotopic (exact) mass is 246 g/mol. The molecule has 0 aliphatic rings. The number of rotatable bonds is 3. The van der Waals surface area contributed by atoms with Gasteiger partial charge in [0.05, 0.1) is 4.88 Å². The Bertz CT molecular complexity index is 582. The van der Waals surface area contributed by atoms with Crippen LogP contribution in [0.3, 0.4) is 0 Å². The minimum atomic E-state index is -0.00119. The van der Waals surface area contributed by atoms with Gasteiger partial charge in [-0.1, -0.05) is 6.07 Å². The van der Waals surface area contributed by atoms with E-state index in [1.807, 2.05) is 24.4 Å². The number of hydrogen-bond acceptors (Lipinski definition) is 5. The molecule has 0 radical (unpaired) electrons. The highest BCUT2D eigenvalue weighted by Gasteiger charge is 2.14. The van der Waals surface area contributed by atoms with Crippen LogP contribution in [0.15, 0.2) is 30.2 Å². The van der Waals surface area contributed by atoms with E-state index in [0.29, 0.717) is 0 Å². The van der Waals surface area contributed by atoms with Crippen molar-refractivity contribution in [1.29, 1.82) is 0 Å². The van der Waals surface area contributed by atoms with Crippen LogP contribution < -0.4 is 0 Å². The summed E-state index contributed by atoms with van der Waals surface area (Å²) in [6.07, 6.45) is 3.17. The topological polar surface area (TPSA) is 72.3 Å². The predicted molar refractivity (Wildman–Crippen MR) is 63.5 cm³/mol. The van der Waals surface area contributed by atoms with Crippen LogP contribution in [0.2, 0.25) is 0 Å². The lowest BCUT2D eigenvalue weighted by atomic mass is 10.3. The summed E-state index contributed by atoms with van der Waals surface area (Å²) >= 11 is 1.62. The summed E-state index contributed by atoms with van der Waals surface area (Å²) in [6.45, 7) is 1.99. The molecule has 1 unspecified atom stereocenters. The van der Waals surface area contributed by atoms with Gasteiger partial charge in [0.2, 0.25) is 0 Å². The van der Waals surface area contributed by atoms with Gasteiger partial charge in [-0.25, -0.2) is 14.6 Å². The van der Waals surface area contributed by atoms with Crippen LogP contribution in [0, 0.1) is 0 Å². The first kappa shape index (κ1) is 10.2. The van der Waals surface area contributed by atoms with Gasteiger partial charge in [-0.3, -0.25) is 5.10 Å². The first-order chi connectivity index (χ1) is 8.34. The Balaban J connectivity index is 1.90. The Morgan fingerprint density at radius 2 is 2.41 bits per heavy atom. The Labute approximate surface area is 101 Å². The molecule has 3 heterocycles. The van der Waals surface area contributed by atoms with Gasteiger partial charge in [-0.15, -0.1) is 11.3 Å². The molecule has 0 bridgehead atoms. The molecule has 0 amide bonds. The third-order valence-corrected chi connectivity index (χ3v) is 3.34. The van der Waals surface area contributed by atoms with E-state index in [4.69, 9.17) is 0 Å². The third kappa shape index (κ3) is 1.84. The van der Waals surface area contributed by atoms with Crippen LogP contribution in [0.5, 0.6) is 0 Å². The maximum absolute atomic E-state index is 4.46. The van der Waals surface area contributed by atoms with Crippen LogP contribution >= 0.6 is 11.3 Å². The van der Waals surface area contributed by atoms with E-state index in [9.17, 15) is 0 Å². The molecule has 0 aliphatic carbocycles. The average Bonchev–Trinajstić information content (AvgIpc) is 3.09. The van der Waals surface area contributed by atoms with Crippen molar-refractivity contribution in [3.8, 4) is 10.7 Å². The van der Waals surface area contributed by atoms with Crippen LogP contribution in [0.1, 0.15) is 18.8 Å². The molecule has 7 heteroatoms. The van der Waals surface area contributed by atoms with Crippen LogP contribution in [0.4, 0.5) is 0 Å². The van der Waals surface area contributed by atoms with E-state index in [-0.39, 0.29) is 6.04 Å². The Kier molecular flexibility index (Phi) is 2.45. The maximum atomic E-state index is 4.46. The molecule has 0 saturated carbocycles. The quantitative estimate of drug-likeness (QED) is 0.764. The van der Waals surface area contributed by atoms with Gasteiger partial charge in [-0.05, 0) is 18.4 Å². The molecule has 6 nitrogen and oxygen atoms in total. The number of thiophene rings is 1. The third-order valence-electron chi connectivity index (χ3n) is 2.47. The lowest BCUT2D eigenvalue weighted by Crippen LogP contribution is -2.08. The molecule has 3 aromatic heterocycles. The molecule has 17 heavy (non-hydrogen) atoms. The molecular weight excluding hydrogens is 236 g/mol. The fourth-order valence-corrected chi connectivity index (χ4v) is 2.18. The standard InChI is InChI=1S/C10H10N6S/c1-7(16-6-11-5-12-16)9-13-10(15-14-9)8-3-2-4-17-8/h2-7H,1H3,(H,13,14,15). The van der Waals surface area contributed by atoms with E-state index >= 15 is 0 Å². The van der Waals surface area contributed by atoms with Crippen molar-refractivity contribution in [2.45, 2.75) is 13.0 Å². The average molecular weight is 246 g/mol. The van der Waals surface area contributed by atoms with Gasteiger partial charge in [0.15, 0.2) is 5.82 Å². The van der Waals surface area contributed by atoms with Crippen molar-refractivity contribution in [2.75, 3.05) is 0 Å². The van der Waals surface area contributed by atoms with Crippen molar-refractivity contribution < 1.29 is 0 Å². The maximum Gasteiger partial charge on any atom is 0.191 e. The molecule has 0 spiro atoms. The Morgan fingerprint density at radius 3 is 3.12 bits per heavy atom. The van der Waals surface area contributed by atoms with Gasteiger partial charge in [-0.2, -0.15) is 10.2 Å². The summed E-state index contributed by atoms with van der Waals surface area (Å²) in [5, 5.41) is 13.2. The highest BCUT2D eigenvalue weighted by Crippen LogP contribution is 2.22. The molecule has 86 valence electrons. The normalized spacial score (nSPS) is 12.8. The fourth-order valence-electron chi connectivity index (χ4n) is 1.52. The first-order valence-corrected chi connectivity index (χ1v) is 6.03. The molecule has 3 aromatic rings. The Hall–Kier alpha value is -2.02. The number of nitrogens with one attached hydrogen (secondary N) is 1. The van der Waals surface area contributed by atoms with E-state index in [1.54, 1.807) is 22.3 Å². The Morgan fingerprint density at radius 1 is 1.47 bits per heavy atom.